The van der Waals surface area contributed by atoms with E-state index >= 15 is 0 Å². The largest absolute Gasteiger partial charge is 0.368 e. The van der Waals surface area contributed by atoms with Crippen molar-refractivity contribution in [3.05, 3.63) is 33.8 Å². The third-order valence-electron chi connectivity index (χ3n) is 1.83. The molecular formula is C10H13BrN2O2. The maximum Gasteiger partial charge on any atom is 0.245 e. The van der Waals surface area contributed by atoms with E-state index in [0.717, 1.165) is 10.0 Å². The van der Waals surface area contributed by atoms with Crippen LogP contribution in [0.25, 0.3) is 0 Å². The Hall–Kier alpha value is -0.910. The summed E-state index contributed by atoms with van der Waals surface area (Å²) in [6.07, 6.45) is 0. The third-order valence-corrected chi connectivity index (χ3v) is 2.68. The van der Waals surface area contributed by atoms with Crippen molar-refractivity contribution in [3.63, 3.8) is 0 Å². The molecule has 82 valence electrons. The Kier molecular flexibility index (Phi) is 4.74. The van der Waals surface area contributed by atoms with Gasteiger partial charge < -0.3 is 5.73 Å². The first-order valence-corrected chi connectivity index (χ1v) is 5.27. The Labute approximate surface area is 96.9 Å². The molecule has 0 saturated carbocycles. The molecule has 0 spiro atoms. The molecule has 4 nitrogen and oxygen atoms in total. The number of carbonyl (C=O) groups excluding carboxylic acids is 1. The van der Waals surface area contributed by atoms with E-state index < -0.39 is 5.91 Å². The number of carbonyl (C=O) groups is 1. The van der Waals surface area contributed by atoms with Crippen molar-refractivity contribution in [2.24, 2.45) is 5.73 Å². The molecule has 1 rings (SSSR count). The molecule has 0 aliphatic rings. The molecule has 3 N–H and O–H groups in total. The van der Waals surface area contributed by atoms with Crippen LogP contribution in [-0.4, -0.2) is 12.5 Å². The Bertz CT molecular complexity index is 355. The average molecular weight is 273 g/mol. The van der Waals surface area contributed by atoms with Crippen LogP contribution in [-0.2, 0) is 16.2 Å². The summed E-state index contributed by atoms with van der Waals surface area (Å²) in [4.78, 5) is 15.2. The first-order chi connectivity index (χ1) is 7.09. The third kappa shape index (κ3) is 4.42. The summed E-state index contributed by atoms with van der Waals surface area (Å²) in [5.41, 5.74) is 9.81. The normalized spacial score (nSPS) is 10.3. The minimum absolute atomic E-state index is 0.118. The van der Waals surface area contributed by atoms with E-state index in [2.05, 4.69) is 21.4 Å². The zero-order valence-electron chi connectivity index (χ0n) is 8.42. The van der Waals surface area contributed by atoms with Gasteiger partial charge in [-0.1, -0.05) is 28.1 Å². The minimum Gasteiger partial charge on any atom is -0.368 e. The van der Waals surface area contributed by atoms with Crippen molar-refractivity contribution in [1.29, 1.82) is 0 Å². The van der Waals surface area contributed by atoms with Gasteiger partial charge in [-0.25, -0.2) is 0 Å². The molecular weight excluding hydrogens is 260 g/mol. The Morgan fingerprint density at radius 3 is 2.93 bits per heavy atom. The van der Waals surface area contributed by atoms with Gasteiger partial charge >= 0.3 is 0 Å². The quantitative estimate of drug-likeness (QED) is 0.627. The second-order valence-corrected chi connectivity index (χ2v) is 4.01. The van der Waals surface area contributed by atoms with Gasteiger partial charge in [0.15, 0.2) is 0 Å². The fourth-order valence-electron chi connectivity index (χ4n) is 1.00. The molecule has 0 aliphatic heterocycles. The number of primary amides is 1. The summed E-state index contributed by atoms with van der Waals surface area (Å²) < 4.78 is 1.05. The van der Waals surface area contributed by atoms with E-state index in [1.165, 1.54) is 5.56 Å². The van der Waals surface area contributed by atoms with Gasteiger partial charge in [0.05, 0.1) is 0 Å². The summed E-state index contributed by atoms with van der Waals surface area (Å²) in [7, 11) is 0. The Morgan fingerprint density at radius 1 is 1.60 bits per heavy atom. The molecule has 5 heteroatoms. The SMILES string of the molecule is Cc1ccc(CNOCC(N)=O)cc1Br. The number of hydroxylamine groups is 1. The smallest absolute Gasteiger partial charge is 0.245 e. The number of hydrogen-bond donors (Lipinski definition) is 2. The van der Waals surface area contributed by atoms with Gasteiger partial charge in [0.25, 0.3) is 0 Å². The lowest BCUT2D eigenvalue weighted by Gasteiger charge is -2.05. The summed E-state index contributed by atoms with van der Waals surface area (Å²) in [5, 5.41) is 0. The maximum absolute atomic E-state index is 10.4. The highest BCUT2D eigenvalue weighted by Gasteiger charge is 1.98. The van der Waals surface area contributed by atoms with Crippen LogP contribution >= 0.6 is 15.9 Å². The topological polar surface area (TPSA) is 64.3 Å². The number of hydrogen-bond acceptors (Lipinski definition) is 3. The molecule has 0 fully saturated rings. The van der Waals surface area contributed by atoms with Crippen LogP contribution in [0.3, 0.4) is 0 Å². The highest BCUT2D eigenvalue weighted by molar-refractivity contribution is 9.10. The number of rotatable bonds is 5. The summed E-state index contributed by atoms with van der Waals surface area (Å²) in [6, 6.07) is 5.99. The molecule has 1 aromatic carbocycles. The number of benzene rings is 1. The predicted molar refractivity (Wildman–Crippen MR) is 60.9 cm³/mol. The molecule has 0 aliphatic carbocycles. The molecule has 0 aromatic heterocycles. The van der Waals surface area contributed by atoms with Crippen LogP contribution < -0.4 is 11.2 Å². The predicted octanol–water partition coefficient (Wildman–Crippen LogP) is 1.26. The molecule has 1 amide bonds. The van der Waals surface area contributed by atoms with Crippen molar-refractivity contribution >= 4 is 21.8 Å². The first kappa shape index (κ1) is 12.2. The van der Waals surface area contributed by atoms with Gasteiger partial charge in [-0.2, -0.15) is 5.48 Å². The van der Waals surface area contributed by atoms with Crippen molar-refractivity contribution in [1.82, 2.24) is 5.48 Å². The Morgan fingerprint density at radius 2 is 2.33 bits per heavy atom. The van der Waals surface area contributed by atoms with E-state index in [-0.39, 0.29) is 6.61 Å². The second-order valence-electron chi connectivity index (χ2n) is 3.16. The summed E-state index contributed by atoms with van der Waals surface area (Å²) in [5.74, 6) is -0.493. The minimum atomic E-state index is -0.493. The number of nitrogens with two attached hydrogens (primary N) is 1. The highest BCUT2D eigenvalue weighted by atomic mass is 79.9. The molecule has 15 heavy (non-hydrogen) atoms. The molecule has 0 saturated heterocycles. The van der Waals surface area contributed by atoms with Gasteiger partial charge in [-0.15, -0.1) is 0 Å². The van der Waals surface area contributed by atoms with Gasteiger partial charge in [0.2, 0.25) is 5.91 Å². The van der Waals surface area contributed by atoms with Crippen LogP contribution in [0.5, 0.6) is 0 Å². The van der Waals surface area contributed by atoms with E-state index in [4.69, 9.17) is 10.6 Å². The van der Waals surface area contributed by atoms with Crippen molar-refractivity contribution in [2.75, 3.05) is 6.61 Å². The van der Waals surface area contributed by atoms with E-state index in [1.54, 1.807) is 0 Å². The van der Waals surface area contributed by atoms with Gasteiger partial charge in [-0.3, -0.25) is 9.63 Å². The van der Waals surface area contributed by atoms with E-state index in [9.17, 15) is 4.79 Å². The molecule has 1 aromatic rings. The van der Waals surface area contributed by atoms with Crippen molar-refractivity contribution in [2.45, 2.75) is 13.5 Å². The van der Waals surface area contributed by atoms with Crippen molar-refractivity contribution in [3.8, 4) is 0 Å². The standard InChI is InChI=1S/C10H13BrN2O2/c1-7-2-3-8(4-9(7)11)5-13-15-6-10(12)14/h2-4,13H,5-6H2,1H3,(H2,12,14). The van der Waals surface area contributed by atoms with Crippen LogP contribution in [0.2, 0.25) is 0 Å². The van der Waals surface area contributed by atoms with Gasteiger partial charge in [-0.05, 0) is 24.1 Å². The van der Waals surface area contributed by atoms with E-state index in [1.807, 2.05) is 25.1 Å². The lowest BCUT2D eigenvalue weighted by atomic mass is 10.1. The van der Waals surface area contributed by atoms with Gasteiger partial charge in [0.1, 0.15) is 6.61 Å². The molecule has 0 unspecified atom stereocenters. The number of aryl methyl sites for hydroxylation is 1. The zero-order valence-corrected chi connectivity index (χ0v) is 10.0. The van der Waals surface area contributed by atoms with Gasteiger partial charge in [0, 0.05) is 11.0 Å². The monoisotopic (exact) mass is 272 g/mol. The number of halogens is 1. The fraction of sp³-hybridized carbons (Fsp3) is 0.300. The number of nitrogens with one attached hydrogen (secondary N) is 1. The van der Waals surface area contributed by atoms with Crippen LogP contribution in [0, 0.1) is 6.92 Å². The Balaban J connectivity index is 2.38. The van der Waals surface area contributed by atoms with Crippen LogP contribution in [0.1, 0.15) is 11.1 Å². The second kappa shape index (κ2) is 5.85. The average Bonchev–Trinajstić information content (AvgIpc) is 2.18. The molecule has 0 atom stereocenters. The summed E-state index contributed by atoms with van der Waals surface area (Å²) >= 11 is 3.44. The highest BCUT2D eigenvalue weighted by Crippen LogP contribution is 2.17. The molecule has 0 bridgehead atoms. The fourth-order valence-corrected chi connectivity index (χ4v) is 1.43. The van der Waals surface area contributed by atoms with Crippen molar-refractivity contribution < 1.29 is 9.63 Å². The molecule has 0 heterocycles. The summed E-state index contributed by atoms with van der Waals surface area (Å²) in [6.45, 7) is 2.43. The zero-order chi connectivity index (χ0) is 11.3. The number of amides is 1. The maximum atomic E-state index is 10.4. The lowest BCUT2D eigenvalue weighted by molar-refractivity contribution is -0.125. The lowest BCUT2D eigenvalue weighted by Crippen LogP contribution is -2.24. The van der Waals surface area contributed by atoms with Crippen LogP contribution in [0.4, 0.5) is 0 Å². The molecule has 0 radical (unpaired) electrons. The first-order valence-electron chi connectivity index (χ1n) is 4.47. The van der Waals surface area contributed by atoms with E-state index in [0.29, 0.717) is 6.54 Å². The van der Waals surface area contributed by atoms with Crippen LogP contribution in [0.15, 0.2) is 22.7 Å².